The molecular formula is C8H15NS. The fraction of sp³-hybridized carbons (Fsp3) is 1.00. The molecule has 2 aliphatic rings. The number of hydrogen-bond acceptors (Lipinski definition) is 2. The van der Waals surface area contributed by atoms with E-state index >= 15 is 0 Å². The standard InChI is InChI=1S/C8H15NS/c1-3-10-4-2-8-5-7(1)6-9-8/h7-9H,1-6H2. The minimum Gasteiger partial charge on any atom is -0.314 e. The predicted molar refractivity (Wildman–Crippen MR) is 46.5 cm³/mol. The van der Waals surface area contributed by atoms with Gasteiger partial charge >= 0.3 is 0 Å². The molecule has 2 bridgehead atoms. The van der Waals surface area contributed by atoms with Gasteiger partial charge in [-0.3, -0.25) is 0 Å². The molecule has 0 amide bonds. The Labute approximate surface area is 67.0 Å². The average molecular weight is 157 g/mol. The van der Waals surface area contributed by atoms with E-state index in [9.17, 15) is 0 Å². The zero-order valence-electron chi connectivity index (χ0n) is 6.31. The summed E-state index contributed by atoms with van der Waals surface area (Å²) in [6.07, 6.45) is 4.32. The quantitative estimate of drug-likeness (QED) is 0.572. The third-order valence-electron chi connectivity index (χ3n) is 2.59. The van der Waals surface area contributed by atoms with E-state index in [2.05, 4.69) is 17.1 Å². The monoisotopic (exact) mass is 157 g/mol. The number of nitrogens with one attached hydrogen (secondary N) is 1. The summed E-state index contributed by atoms with van der Waals surface area (Å²) in [5.41, 5.74) is 0. The second-order valence-corrected chi connectivity index (χ2v) is 4.62. The molecule has 2 unspecified atom stereocenters. The third kappa shape index (κ3) is 1.48. The summed E-state index contributed by atoms with van der Waals surface area (Å²) >= 11 is 2.14. The summed E-state index contributed by atoms with van der Waals surface area (Å²) in [5, 5.41) is 3.59. The summed E-state index contributed by atoms with van der Waals surface area (Å²) in [6, 6.07) is 0.873. The highest BCUT2D eigenvalue weighted by Crippen LogP contribution is 2.25. The van der Waals surface area contributed by atoms with Crippen molar-refractivity contribution in [3.8, 4) is 0 Å². The van der Waals surface area contributed by atoms with Crippen LogP contribution < -0.4 is 5.32 Å². The molecule has 0 spiro atoms. The van der Waals surface area contributed by atoms with E-state index in [-0.39, 0.29) is 0 Å². The van der Waals surface area contributed by atoms with Crippen LogP contribution in [0, 0.1) is 5.92 Å². The van der Waals surface area contributed by atoms with E-state index < -0.39 is 0 Å². The van der Waals surface area contributed by atoms with Crippen LogP contribution in [0.15, 0.2) is 0 Å². The highest BCUT2D eigenvalue weighted by molar-refractivity contribution is 7.99. The van der Waals surface area contributed by atoms with Crippen LogP contribution in [0.5, 0.6) is 0 Å². The van der Waals surface area contributed by atoms with Gasteiger partial charge in [-0.2, -0.15) is 11.8 Å². The van der Waals surface area contributed by atoms with Gasteiger partial charge in [-0.25, -0.2) is 0 Å². The zero-order valence-corrected chi connectivity index (χ0v) is 7.12. The molecule has 2 atom stereocenters. The number of hydrogen-bond donors (Lipinski definition) is 1. The second-order valence-electron chi connectivity index (χ2n) is 3.40. The van der Waals surface area contributed by atoms with Gasteiger partial charge < -0.3 is 5.32 Å². The lowest BCUT2D eigenvalue weighted by atomic mass is 10.0. The lowest BCUT2D eigenvalue weighted by Crippen LogP contribution is -2.21. The Morgan fingerprint density at radius 3 is 3.10 bits per heavy atom. The van der Waals surface area contributed by atoms with Crippen molar-refractivity contribution < 1.29 is 0 Å². The summed E-state index contributed by atoms with van der Waals surface area (Å²) in [7, 11) is 0. The van der Waals surface area contributed by atoms with Gasteiger partial charge in [0.25, 0.3) is 0 Å². The normalized spacial score (nSPS) is 40.8. The molecule has 10 heavy (non-hydrogen) atoms. The Morgan fingerprint density at radius 2 is 2.10 bits per heavy atom. The Bertz CT molecular complexity index is 104. The second kappa shape index (κ2) is 3.14. The van der Waals surface area contributed by atoms with E-state index in [0.717, 1.165) is 12.0 Å². The zero-order chi connectivity index (χ0) is 6.81. The molecule has 0 aliphatic carbocycles. The Balaban J connectivity index is 1.91. The van der Waals surface area contributed by atoms with E-state index in [1.165, 1.54) is 37.3 Å². The smallest absolute Gasteiger partial charge is 0.00781 e. The molecule has 0 aromatic rings. The van der Waals surface area contributed by atoms with Crippen LogP contribution in [-0.4, -0.2) is 24.1 Å². The molecule has 1 nitrogen and oxygen atoms in total. The minimum atomic E-state index is 0.873. The lowest BCUT2D eigenvalue weighted by molar-refractivity contribution is 0.529. The van der Waals surface area contributed by atoms with Gasteiger partial charge in [0.2, 0.25) is 0 Å². The van der Waals surface area contributed by atoms with Crippen LogP contribution in [0.1, 0.15) is 19.3 Å². The largest absolute Gasteiger partial charge is 0.314 e. The number of fused-ring (bicyclic) bond motifs is 2. The molecule has 0 aromatic carbocycles. The number of thioether (sulfide) groups is 1. The summed E-state index contributed by atoms with van der Waals surface area (Å²) < 4.78 is 0. The summed E-state index contributed by atoms with van der Waals surface area (Å²) in [6.45, 7) is 1.30. The van der Waals surface area contributed by atoms with Crippen LogP contribution in [-0.2, 0) is 0 Å². The summed E-state index contributed by atoms with van der Waals surface area (Å²) in [4.78, 5) is 0. The first-order valence-electron chi connectivity index (χ1n) is 4.26. The van der Waals surface area contributed by atoms with Gasteiger partial charge in [-0.1, -0.05) is 0 Å². The summed E-state index contributed by atoms with van der Waals surface area (Å²) in [5.74, 6) is 3.79. The van der Waals surface area contributed by atoms with Crippen LogP contribution >= 0.6 is 11.8 Å². The maximum atomic E-state index is 3.59. The van der Waals surface area contributed by atoms with E-state index in [1.54, 1.807) is 0 Å². The van der Waals surface area contributed by atoms with Crippen LogP contribution in [0.3, 0.4) is 0 Å². The Kier molecular flexibility index (Phi) is 2.19. The van der Waals surface area contributed by atoms with Gasteiger partial charge in [0.15, 0.2) is 0 Å². The van der Waals surface area contributed by atoms with Crippen molar-refractivity contribution >= 4 is 11.8 Å². The van der Waals surface area contributed by atoms with Gasteiger partial charge in [0, 0.05) is 6.04 Å². The molecule has 2 heteroatoms. The van der Waals surface area contributed by atoms with Gasteiger partial charge in [-0.15, -0.1) is 0 Å². The maximum absolute atomic E-state index is 3.59. The molecule has 0 aromatic heterocycles. The molecule has 0 saturated carbocycles. The van der Waals surface area contributed by atoms with Crippen molar-refractivity contribution in [3.05, 3.63) is 0 Å². The topological polar surface area (TPSA) is 12.0 Å². The van der Waals surface area contributed by atoms with E-state index in [0.29, 0.717) is 0 Å². The van der Waals surface area contributed by atoms with Crippen molar-refractivity contribution in [3.63, 3.8) is 0 Å². The van der Waals surface area contributed by atoms with Crippen LogP contribution in [0.4, 0.5) is 0 Å². The number of rotatable bonds is 0. The molecule has 2 saturated heterocycles. The predicted octanol–water partition coefficient (Wildman–Crippen LogP) is 1.49. The van der Waals surface area contributed by atoms with E-state index in [4.69, 9.17) is 0 Å². The van der Waals surface area contributed by atoms with Crippen molar-refractivity contribution in [2.45, 2.75) is 25.3 Å². The fourth-order valence-electron chi connectivity index (χ4n) is 1.92. The highest BCUT2D eigenvalue weighted by Gasteiger charge is 2.24. The molecule has 2 fully saturated rings. The minimum absolute atomic E-state index is 0.873. The molecule has 2 rings (SSSR count). The van der Waals surface area contributed by atoms with Crippen molar-refractivity contribution in [2.75, 3.05) is 18.1 Å². The average Bonchev–Trinajstić information content (AvgIpc) is 2.30. The first-order valence-corrected chi connectivity index (χ1v) is 5.42. The third-order valence-corrected chi connectivity index (χ3v) is 3.64. The highest BCUT2D eigenvalue weighted by atomic mass is 32.2. The van der Waals surface area contributed by atoms with Gasteiger partial charge in [0.05, 0.1) is 0 Å². The molecule has 2 heterocycles. The van der Waals surface area contributed by atoms with Crippen LogP contribution in [0.2, 0.25) is 0 Å². The SMILES string of the molecule is C1CC2CNC(CCS1)C2. The van der Waals surface area contributed by atoms with Crippen molar-refractivity contribution in [2.24, 2.45) is 5.92 Å². The van der Waals surface area contributed by atoms with Crippen LogP contribution in [0.25, 0.3) is 0 Å². The van der Waals surface area contributed by atoms with E-state index in [1.807, 2.05) is 0 Å². The van der Waals surface area contributed by atoms with Crippen molar-refractivity contribution in [1.29, 1.82) is 0 Å². The first kappa shape index (κ1) is 6.99. The first-order chi connectivity index (χ1) is 4.95. The molecule has 0 radical (unpaired) electrons. The molecule has 2 aliphatic heterocycles. The van der Waals surface area contributed by atoms with Crippen molar-refractivity contribution in [1.82, 2.24) is 5.32 Å². The molecular weight excluding hydrogens is 142 g/mol. The Hall–Kier alpha value is 0.310. The Morgan fingerprint density at radius 1 is 1.20 bits per heavy atom. The molecule has 1 N–H and O–H groups in total. The van der Waals surface area contributed by atoms with Gasteiger partial charge in [0.1, 0.15) is 0 Å². The fourth-order valence-corrected chi connectivity index (χ4v) is 3.08. The maximum Gasteiger partial charge on any atom is 0.00781 e. The van der Waals surface area contributed by atoms with Gasteiger partial charge in [-0.05, 0) is 43.2 Å². The lowest BCUT2D eigenvalue weighted by Gasteiger charge is -2.13. The molecule has 58 valence electrons.